The topological polar surface area (TPSA) is 74.8 Å². The zero-order valence-electron chi connectivity index (χ0n) is 14.8. The first kappa shape index (κ1) is 17.7. The lowest BCUT2D eigenvalue weighted by Crippen LogP contribution is -2.36. The Morgan fingerprint density at radius 2 is 1.89 bits per heavy atom. The molecule has 7 heteroatoms. The van der Waals surface area contributed by atoms with Gasteiger partial charge in [-0.1, -0.05) is 30.2 Å². The van der Waals surface area contributed by atoms with Crippen molar-refractivity contribution in [2.24, 2.45) is 5.92 Å². The lowest BCUT2D eigenvalue weighted by molar-refractivity contribution is -0.122. The van der Waals surface area contributed by atoms with Gasteiger partial charge in [0.1, 0.15) is 0 Å². The molecule has 138 valence electrons. The average Bonchev–Trinajstić information content (AvgIpc) is 3.11. The first-order chi connectivity index (χ1) is 13.2. The summed E-state index contributed by atoms with van der Waals surface area (Å²) in [5, 5.41) is 7.93. The van der Waals surface area contributed by atoms with Crippen LogP contribution in [0, 0.1) is 5.92 Å². The maximum atomic E-state index is 13.2. The molecule has 3 aromatic rings. The van der Waals surface area contributed by atoms with Crippen LogP contribution in [0.5, 0.6) is 0 Å². The Kier molecular flexibility index (Phi) is 5.16. The quantitative estimate of drug-likeness (QED) is 0.743. The first-order valence-corrected chi connectivity index (χ1v) is 9.47. The Hall–Kier alpha value is -2.73. The van der Waals surface area contributed by atoms with Crippen molar-refractivity contribution in [1.29, 1.82) is 0 Å². The van der Waals surface area contributed by atoms with E-state index in [2.05, 4.69) is 20.2 Å². The monoisotopic (exact) mass is 381 g/mol. The summed E-state index contributed by atoms with van der Waals surface area (Å²) in [7, 11) is 0. The predicted molar refractivity (Wildman–Crippen MR) is 104 cm³/mol. The fourth-order valence-corrected chi connectivity index (χ4v) is 3.55. The SMILES string of the molecule is O=C1[C@H](Cc2ccc(Cl)cc2)CCCCN1c1n[nH]c(-c2ccncc2)n1. The van der Waals surface area contributed by atoms with Crippen LogP contribution in [0.2, 0.25) is 5.02 Å². The number of H-pyrrole nitrogens is 1. The second-order valence-electron chi connectivity index (χ2n) is 6.73. The molecule has 1 aromatic carbocycles. The Morgan fingerprint density at radius 3 is 2.67 bits per heavy atom. The van der Waals surface area contributed by atoms with Gasteiger partial charge in [0.2, 0.25) is 5.91 Å². The number of hydrogen-bond donors (Lipinski definition) is 1. The molecular formula is C20H20ClN5O. The lowest BCUT2D eigenvalue weighted by Gasteiger charge is -2.21. The highest BCUT2D eigenvalue weighted by Crippen LogP contribution is 2.26. The normalized spacial score (nSPS) is 17.7. The molecule has 4 rings (SSSR count). The van der Waals surface area contributed by atoms with E-state index < -0.39 is 0 Å². The summed E-state index contributed by atoms with van der Waals surface area (Å²) < 4.78 is 0. The second kappa shape index (κ2) is 7.88. The third-order valence-corrected chi connectivity index (χ3v) is 5.12. The maximum absolute atomic E-state index is 13.2. The summed E-state index contributed by atoms with van der Waals surface area (Å²) in [6.07, 6.45) is 6.95. The van der Waals surface area contributed by atoms with E-state index in [9.17, 15) is 4.79 Å². The smallest absolute Gasteiger partial charge is 0.251 e. The molecule has 6 nitrogen and oxygen atoms in total. The van der Waals surface area contributed by atoms with Crippen molar-refractivity contribution in [3.63, 3.8) is 0 Å². The summed E-state index contributed by atoms with van der Waals surface area (Å²) >= 11 is 5.97. The molecule has 1 aliphatic rings. The molecule has 1 fully saturated rings. The highest BCUT2D eigenvalue weighted by atomic mass is 35.5. The summed E-state index contributed by atoms with van der Waals surface area (Å²) in [6.45, 7) is 0.642. The van der Waals surface area contributed by atoms with Crippen LogP contribution in [0.4, 0.5) is 5.95 Å². The van der Waals surface area contributed by atoms with E-state index in [1.807, 2.05) is 36.4 Å². The minimum atomic E-state index is -0.0726. The number of aromatic nitrogens is 4. The van der Waals surface area contributed by atoms with Gasteiger partial charge >= 0.3 is 0 Å². The Bertz CT molecular complexity index is 910. The Balaban J connectivity index is 1.54. The van der Waals surface area contributed by atoms with E-state index in [1.165, 1.54) is 0 Å². The molecule has 0 spiro atoms. The highest BCUT2D eigenvalue weighted by Gasteiger charge is 2.30. The zero-order valence-corrected chi connectivity index (χ0v) is 15.6. The number of amides is 1. The summed E-state index contributed by atoms with van der Waals surface area (Å²) in [4.78, 5) is 23.4. The largest absolute Gasteiger partial charge is 0.279 e. The van der Waals surface area contributed by atoms with Crippen LogP contribution in [0.25, 0.3) is 11.4 Å². The van der Waals surface area contributed by atoms with Gasteiger partial charge in [-0.05, 0) is 49.1 Å². The van der Waals surface area contributed by atoms with Gasteiger partial charge in [0.05, 0.1) is 0 Å². The van der Waals surface area contributed by atoms with Crippen molar-refractivity contribution in [1.82, 2.24) is 20.2 Å². The molecule has 1 saturated heterocycles. The number of halogens is 1. The number of benzene rings is 1. The van der Waals surface area contributed by atoms with Crippen molar-refractivity contribution < 1.29 is 4.79 Å². The predicted octanol–water partition coefficient (Wildman–Crippen LogP) is 3.90. The number of hydrogen-bond acceptors (Lipinski definition) is 4. The molecule has 1 atom stereocenters. The van der Waals surface area contributed by atoms with E-state index in [1.54, 1.807) is 17.3 Å². The molecule has 0 bridgehead atoms. The van der Waals surface area contributed by atoms with Crippen molar-refractivity contribution >= 4 is 23.5 Å². The molecule has 2 aromatic heterocycles. The molecular weight excluding hydrogens is 362 g/mol. The van der Waals surface area contributed by atoms with Crippen LogP contribution in [0.3, 0.4) is 0 Å². The van der Waals surface area contributed by atoms with Crippen LogP contribution < -0.4 is 4.90 Å². The minimum absolute atomic E-state index is 0.0726. The lowest BCUT2D eigenvalue weighted by atomic mass is 9.94. The van der Waals surface area contributed by atoms with Gasteiger partial charge in [-0.2, -0.15) is 4.98 Å². The Labute approximate surface area is 162 Å². The molecule has 1 amide bonds. The van der Waals surface area contributed by atoms with Crippen LogP contribution in [-0.4, -0.2) is 32.6 Å². The average molecular weight is 382 g/mol. The second-order valence-corrected chi connectivity index (χ2v) is 7.17. The first-order valence-electron chi connectivity index (χ1n) is 9.09. The number of pyridine rings is 1. The van der Waals surface area contributed by atoms with Crippen molar-refractivity contribution in [3.8, 4) is 11.4 Å². The van der Waals surface area contributed by atoms with Crippen molar-refractivity contribution in [2.45, 2.75) is 25.7 Å². The van der Waals surface area contributed by atoms with Gasteiger partial charge in [0.15, 0.2) is 5.82 Å². The zero-order chi connectivity index (χ0) is 18.6. The fraction of sp³-hybridized carbons (Fsp3) is 0.300. The highest BCUT2D eigenvalue weighted by molar-refractivity contribution is 6.30. The van der Waals surface area contributed by atoms with Crippen LogP contribution in [0.1, 0.15) is 24.8 Å². The van der Waals surface area contributed by atoms with Gasteiger partial charge in [-0.15, -0.1) is 5.10 Å². The van der Waals surface area contributed by atoms with Gasteiger partial charge in [0.25, 0.3) is 5.95 Å². The summed E-state index contributed by atoms with van der Waals surface area (Å²) in [5.74, 6) is 1.09. The number of carbonyl (C=O) groups excluding carboxylic acids is 1. The summed E-state index contributed by atoms with van der Waals surface area (Å²) in [6, 6.07) is 11.4. The third kappa shape index (κ3) is 4.01. The molecule has 0 saturated carbocycles. The van der Waals surface area contributed by atoms with Crippen molar-refractivity contribution in [2.75, 3.05) is 11.4 Å². The number of carbonyl (C=O) groups is 1. The Morgan fingerprint density at radius 1 is 1.11 bits per heavy atom. The van der Waals surface area contributed by atoms with E-state index in [-0.39, 0.29) is 11.8 Å². The maximum Gasteiger partial charge on any atom is 0.251 e. The van der Waals surface area contributed by atoms with Gasteiger partial charge in [-0.25, -0.2) is 0 Å². The molecule has 0 unspecified atom stereocenters. The van der Waals surface area contributed by atoms with E-state index in [0.29, 0.717) is 29.8 Å². The third-order valence-electron chi connectivity index (χ3n) is 4.86. The van der Waals surface area contributed by atoms with E-state index in [4.69, 9.17) is 11.6 Å². The van der Waals surface area contributed by atoms with Crippen LogP contribution in [-0.2, 0) is 11.2 Å². The van der Waals surface area contributed by atoms with Gasteiger partial charge in [-0.3, -0.25) is 19.8 Å². The molecule has 1 aliphatic heterocycles. The van der Waals surface area contributed by atoms with Crippen molar-refractivity contribution in [3.05, 3.63) is 59.4 Å². The van der Waals surface area contributed by atoms with Gasteiger partial charge in [0, 0.05) is 35.4 Å². The van der Waals surface area contributed by atoms with Crippen LogP contribution in [0.15, 0.2) is 48.8 Å². The number of rotatable bonds is 4. The van der Waals surface area contributed by atoms with Crippen LogP contribution >= 0.6 is 11.6 Å². The molecule has 1 N–H and O–H groups in total. The number of anilines is 1. The molecule has 27 heavy (non-hydrogen) atoms. The number of nitrogens with one attached hydrogen (secondary N) is 1. The fourth-order valence-electron chi connectivity index (χ4n) is 3.42. The molecule has 0 radical (unpaired) electrons. The van der Waals surface area contributed by atoms with E-state index in [0.717, 1.165) is 30.4 Å². The summed E-state index contributed by atoms with van der Waals surface area (Å²) in [5.41, 5.74) is 2.01. The molecule has 0 aliphatic carbocycles. The standard InChI is InChI=1S/C20H20ClN5O/c21-17-6-4-14(5-7-17)13-16-3-1-2-12-26(19(16)27)20-23-18(24-25-20)15-8-10-22-11-9-15/h4-11,16H,1-3,12-13H2,(H,23,24,25)/t16-/m0/s1. The minimum Gasteiger partial charge on any atom is -0.279 e. The van der Waals surface area contributed by atoms with Gasteiger partial charge < -0.3 is 0 Å². The number of nitrogens with zero attached hydrogens (tertiary/aromatic N) is 4. The number of aromatic amines is 1. The van der Waals surface area contributed by atoms with E-state index >= 15 is 0 Å². The molecule has 3 heterocycles.